The zero-order chi connectivity index (χ0) is 43.2. The summed E-state index contributed by atoms with van der Waals surface area (Å²) in [6, 6.07) is 76.0. The third-order valence-corrected chi connectivity index (χ3v) is 13.6. The summed E-state index contributed by atoms with van der Waals surface area (Å²) in [5, 5.41) is 4.61. The van der Waals surface area contributed by atoms with Gasteiger partial charge in [-0.05, 0) is 74.8 Å². The lowest BCUT2D eigenvalue weighted by Crippen LogP contribution is -2.17. The van der Waals surface area contributed by atoms with Gasteiger partial charge in [-0.2, -0.15) is 9.97 Å². The van der Waals surface area contributed by atoms with Crippen molar-refractivity contribution >= 4 is 43.6 Å². The standard InChI is InChI=1S/C60H41N5/c1-60(2)51-28-12-9-23-44(51)47-26-16-27-50(54(47)60)58-61-57(40-19-7-4-8-20-40)62-59(63-58)65-53-30-14-11-25-46(53)49-36-35-48-45-24-10-13-29-52(45)64(55(48)56(49)65)43-33-31-39(32-34-43)42-22-15-21-41(37-42)38-17-5-3-6-18-38/h3-37H,1-2H3. The summed E-state index contributed by atoms with van der Waals surface area (Å²) in [5.41, 5.74) is 16.8. The van der Waals surface area contributed by atoms with E-state index in [4.69, 9.17) is 15.0 Å². The van der Waals surface area contributed by atoms with Crippen molar-refractivity contribution in [3.05, 3.63) is 223 Å². The number of hydrogen-bond donors (Lipinski definition) is 0. The Balaban J connectivity index is 1.07. The minimum atomic E-state index is -0.261. The van der Waals surface area contributed by atoms with Crippen LogP contribution in [0.1, 0.15) is 25.0 Å². The maximum absolute atomic E-state index is 5.55. The van der Waals surface area contributed by atoms with E-state index >= 15 is 0 Å². The predicted octanol–water partition coefficient (Wildman–Crippen LogP) is 15.0. The highest BCUT2D eigenvalue weighted by atomic mass is 15.2. The summed E-state index contributed by atoms with van der Waals surface area (Å²) in [6.07, 6.45) is 0. The Morgan fingerprint density at radius 2 is 0.862 bits per heavy atom. The minimum absolute atomic E-state index is 0.261. The molecule has 3 heterocycles. The molecule has 0 bridgehead atoms. The second kappa shape index (κ2) is 14.3. The fraction of sp³-hybridized carbons (Fsp3) is 0.0500. The van der Waals surface area contributed by atoms with Crippen molar-refractivity contribution in [1.29, 1.82) is 0 Å². The average molecular weight is 832 g/mol. The molecule has 3 aromatic heterocycles. The summed E-state index contributed by atoms with van der Waals surface area (Å²) >= 11 is 0. The monoisotopic (exact) mass is 831 g/mol. The Morgan fingerprint density at radius 1 is 0.354 bits per heavy atom. The molecular formula is C60H41N5. The molecule has 0 saturated carbocycles. The Kier molecular flexibility index (Phi) is 8.18. The van der Waals surface area contributed by atoms with Crippen LogP contribution in [0.15, 0.2) is 212 Å². The first-order valence-electron chi connectivity index (χ1n) is 22.3. The SMILES string of the molecule is CC1(C)c2ccccc2-c2cccc(-c3nc(-c4ccccc4)nc(-n4c5ccccc5c5ccc6c7ccccc7n(-c7ccc(-c8cccc(-c9ccccc9)c8)cc7)c6c54)n3)c21. The number of rotatable bonds is 6. The van der Waals surface area contributed by atoms with Gasteiger partial charge in [0.2, 0.25) is 5.95 Å². The highest BCUT2D eigenvalue weighted by molar-refractivity contribution is 6.23. The van der Waals surface area contributed by atoms with Gasteiger partial charge < -0.3 is 4.57 Å². The first-order valence-corrected chi connectivity index (χ1v) is 22.3. The number of nitrogens with zero attached hydrogens (tertiary/aromatic N) is 5. The first kappa shape index (κ1) is 37.2. The van der Waals surface area contributed by atoms with E-state index in [1.165, 1.54) is 44.3 Å². The molecule has 0 saturated heterocycles. The fourth-order valence-corrected chi connectivity index (χ4v) is 10.6. The van der Waals surface area contributed by atoms with Gasteiger partial charge in [-0.25, -0.2) is 4.98 Å². The van der Waals surface area contributed by atoms with E-state index in [-0.39, 0.29) is 5.41 Å². The van der Waals surface area contributed by atoms with Gasteiger partial charge in [-0.15, -0.1) is 0 Å². The molecule has 5 nitrogen and oxygen atoms in total. The molecule has 0 fully saturated rings. The molecule has 1 aliphatic carbocycles. The lowest BCUT2D eigenvalue weighted by molar-refractivity contribution is 0.661. The summed E-state index contributed by atoms with van der Waals surface area (Å²) in [4.78, 5) is 16.3. The molecule has 0 unspecified atom stereocenters. The summed E-state index contributed by atoms with van der Waals surface area (Å²) < 4.78 is 4.71. The summed E-state index contributed by atoms with van der Waals surface area (Å²) in [6.45, 7) is 4.64. The zero-order valence-electron chi connectivity index (χ0n) is 35.9. The third kappa shape index (κ3) is 5.68. The van der Waals surface area contributed by atoms with Crippen LogP contribution in [0.4, 0.5) is 0 Å². The van der Waals surface area contributed by atoms with Gasteiger partial charge in [0.25, 0.3) is 0 Å². The van der Waals surface area contributed by atoms with Crippen molar-refractivity contribution in [2.24, 2.45) is 0 Å². The first-order chi connectivity index (χ1) is 32.0. The van der Waals surface area contributed by atoms with Crippen LogP contribution in [0.5, 0.6) is 0 Å². The van der Waals surface area contributed by atoms with Gasteiger partial charge in [0.05, 0.1) is 22.1 Å². The highest BCUT2D eigenvalue weighted by Crippen LogP contribution is 2.52. The van der Waals surface area contributed by atoms with E-state index in [9.17, 15) is 0 Å². The molecule has 9 aromatic carbocycles. The molecule has 12 aromatic rings. The number of para-hydroxylation sites is 2. The fourth-order valence-electron chi connectivity index (χ4n) is 10.6. The van der Waals surface area contributed by atoms with Crippen LogP contribution in [-0.2, 0) is 5.41 Å². The molecule has 13 rings (SSSR count). The van der Waals surface area contributed by atoms with E-state index in [0.717, 1.165) is 60.6 Å². The van der Waals surface area contributed by atoms with Crippen LogP contribution in [-0.4, -0.2) is 24.1 Å². The molecule has 0 radical (unpaired) electrons. The number of fused-ring (bicyclic) bond motifs is 10. The topological polar surface area (TPSA) is 48.5 Å². The third-order valence-electron chi connectivity index (χ3n) is 13.6. The molecule has 0 atom stereocenters. The second-order valence-corrected chi connectivity index (χ2v) is 17.6. The molecule has 0 aliphatic heterocycles. The Hall–Kier alpha value is -8.41. The second-order valence-electron chi connectivity index (χ2n) is 17.6. The van der Waals surface area contributed by atoms with Crippen LogP contribution in [0, 0.1) is 0 Å². The van der Waals surface area contributed by atoms with Crippen molar-refractivity contribution < 1.29 is 0 Å². The molecule has 0 N–H and O–H groups in total. The predicted molar refractivity (Wildman–Crippen MR) is 268 cm³/mol. The van der Waals surface area contributed by atoms with Gasteiger partial charge in [-0.3, -0.25) is 4.57 Å². The quantitative estimate of drug-likeness (QED) is 0.168. The smallest absolute Gasteiger partial charge is 0.238 e. The number of benzene rings is 9. The highest BCUT2D eigenvalue weighted by Gasteiger charge is 2.38. The zero-order valence-corrected chi connectivity index (χ0v) is 35.9. The van der Waals surface area contributed by atoms with Crippen molar-refractivity contribution in [3.63, 3.8) is 0 Å². The van der Waals surface area contributed by atoms with Crippen molar-refractivity contribution in [3.8, 4) is 67.8 Å². The number of aromatic nitrogens is 5. The molecule has 65 heavy (non-hydrogen) atoms. The van der Waals surface area contributed by atoms with E-state index in [2.05, 4.69) is 217 Å². The largest absolute Gasteiger partial charge is 0.307 e. The summed E-state index contributed by atoms with van der Waals surface area (Å²) in [5.74, 6) is 1.85. The van der Waals surface area contributed by atoms with Gasteiger partial charge in [-0.1, -0.05) is 196 Å². The maximum Gasteiger partial charge on any atom is 0.238 e. The molecule has 0 spiro atoms. The average Bonchev–Trinajstić information content (AvgIpc) is 3.98. The lowest BCUT2D eigenvalue weighted by Gasteiger charge is -2.24. The van der Waals surface area contributed by atoms with Gasteiger partial charge in [0.15, 0.2) is 11.6 Å². The van der Waals surface area contributed by atoms with Crippen LogP contribution in [0.3, 0.4) is 0 Å². The van der Waals surface area contributed by atoms with Crippen LogP contribution in [0.25, 0.3) is 111 Å². The number of hydrogen-bond acceptors (Lipinski definition) is 3. The Labute approximate surface area is 376 Å². The van der Waals surface area contributed by atoms with Gasteiger partial charge in [0.1, 0.15) is 0 Å². The van der Waals surface area contributed by atoms with Gasteiger partial charge >= 0.3 is 0 Å². The maximum atomic E-state index is 5.55. The van der Waals surface area contributed by atoms with Crippen LogP contribution >= 0.6 is 0 Å². The Morgan fingerprint density at radius 3 is 1.57 bits per heavy atom. The van der Waals surface area contributed by atoms with Crippen LogP contribution < -0.4 is 0 Å². The summed E-state index contributed by atoms with van der Waals surface area (Å²) in [7, 11) is 0. The molecule has 306 valence electrons. The van der Waals surface area contributed by atoms with E-state index in [1.807, 2.05) is 18.2 Å². The van der Waals surface area contributed by atoms with E-state index in [0.29, 0.717) is 17.6 Å². The van der Waals surface area contributed by atoms with Crippen molar-refractivity contribution in [1.82, 2.24) is 24.1 Å². The molecule has 1 aliphatic rings. The minimum Gasteiger partial charge on any atom is -0.307 e. The molecular weight excluding hydrogens is 791 g/mol. The lowest BCUT2D eigenvalue weighted by atomic mass is 9.80. The van der Waals surface area contributed by atoms with E-state index < -0.39 is 0 Å². The van der Waals surface area contributed by atoms with Crippen LogP contribution in [0.2, 0.25) is 0 Å². The van der Waals surface area contributed by atoms with E-state index in [1.54, 1.807) is 0 Å². The molecule has 5 heteroatoms. The van der Waals surface area contributed by atoms with Gasteiger partial charge in [0, 0.05) is 43.8 Å². The normalized spacial score (nSPS) is 12.9. The van der Waals surface area contributed by atoms with Crippen molar-refractivity contribution in [2.45, 2.75) is 19.3 Å². The Bertz CT molecular complexity index is 3840. The van der Waals surface area contributed by atoms with Crippen molar-refractivity contribution in [2.75, 3.05) is 0 Å². The molecule has 0 amide bonds.